The van der Waals surface area contributed by atoms with Crippen molar-refractivity contribution in [2.24, 2.45) is 5.41 Å². The van der Waals surface area contributed by atoms with E-state index in [0.717, 1.165) is 19.4 Å². The Kier molecular flexibility index (Phi) is 5.14. The Morgan fingerprint density at radius 3 is 2.35 bits per heavy atom. The molecule has 0 saturated carbocycles. The largest absolute Gasteiger partial charge is 0.308 e. The Bertz CT molecular complexity index is 350. The van der Waals surface area contributed by atoms with Gasteiger partial charge in [-0.15, -0.1) is 11.3 Å². The van der Waals surface area contributed by atoms with Crippen LogP contribution in [0.3, 0.4) is 0 Å². The lowest BCUT2D eigenvalue weighted by atomic mass is 9.88. The maximum atomic E-state index is 4.79. The van der Waals surface area contributed by atoms with Gasteiger partial charge in [0.2, 0.25) is 0 Å². The molecule has 0 aliphatic rings. The number of aryl methyl sites for hydroxylation is 2. The zero-order valence-corrected chi connectivity index (χ0v) is 12.9. The van der Waals surface area contributed by atoms with Crippen molar-refractivity contribution in [2.75, 3.05) is 6.54 Å². The molecule has 0 spiro atoms. The molecule has 1 rings (SSSR count). The summed E-state index contributed by atoms with van der Waals surface area (Å²) in [5, 5.41) is 4.83. The van der Waals surface area contributed by atoms with Crippen LogP contribution in [0.25, 0.3) is 0 Å². The van der Waals surface area contributed by atoms with E-state index in [9.17, 15) is 0 Å². The van der Waals surface area contributed by atoms with Crippen LogP contribution in [0.4, 0.5) is 0 Å². The van der Waals surface area contributed by atoms with E-state index in [4.69, 9.17) is 4.98 Å². The van der Waals surface area contributed by atoms with Crippen molar-refractivity contribution < 1.29 is 0 Å². The summed E-state index contributed by atoms with van der Waals surface area (Å²) in [6.07, 6.45) is 2.17. The molecular formula is C14H26N2S. The normalized spacial score (nSPS) is 14.0. The fraction of sp³-hybridized carbons (Fsp3) is 0.786. The highest BCUT2D eigenvalue weighted by atomic mass is 32.1. The second-order valence-electron chi connectivity index (χ2n) is 5.78. The molecular weight excluding hydrogens is 228 g/mol. The molecule has 0 aliphatic carbocycles. The lowest BCUT2D eigenvalue weighted by Gasteiger charge is -2.25. The maximum Gasteiger partial charge on any atom is 0.110 e. The molecule has 0 saturated heterocycles. The Morgan fingerprint density at radius 1 is 1.29 bits per heavy atom. The lowest BCUT2D eigenvalue weighted by Crippen LogP contribution is -2.25. The highest BCUT2D eigenvalue weighted by Crippen LogP contribution is 2.32. The van der Waals surface area contributed by atoms with Crippen LogP contribution in [0.5, 0.6) is 0 Å². The van der Waals surface area contributed by atoms with Gasteiger partial charge in [-0.3, -0.25) is 0 Å². The SMILES string of the molecule is CCNC(CC(C)(C)C)c1nc(CC)c(C)s1. The van der Waals surface area contributed by atoms with Gasteiger partial charge in [0.1, 0.15) is 5.01 Å². The van der Waals surface area contributed by atoms with Crippen LogP contribution < -0.4 is 5.32 Å². The molecule has 1 aromatic heterocycles. The predicted octanol–water partition coefficient (Wildman–Crippen LogP) is 4.10. The molecule has 0 amide bonds. The Balaban J connectivity index is 2.89. The van der Waals surface area contributed by atoms with Gasteiger partial charge < -0.3 is 5.32 Å². The third-order valence-corrected chi connectivity index (χ3v) is 3.94. The predicted molar refractivity (Wildman–Crippen MR) is 76.7 cm³/mol. The minimum absolute atomic E-state index is 0.332. The summed E-state index contributed by atoms with van der Waals surface area (Å²) < 4.78 is 0. The van der Waals surface area contributed by atoms with E-state index in [-0.39, 0.29) is 0 Å². The van der Waals surface area contributed by atoms with E-state index in [1.807, 2.05) is 11.3 Å². The summed E-state index contributed by atoms with van der Waals surface area (Å²) in [5.74, 6) is 0. The molecule has 17 heavy (non-hydrogen) atoms. The van der Waals surface area contributed by atoms with E-state index >= 15 is 0 Å². The first-order valence-corrected chi connectivity index (χ1v) is 7.38. The summed E-state index contributed by atoms with van der Waals surface area (Å²) in [5.41, 5.74) is 1.60. The monoisotopic (exact) mass is 254 g/mol. The molecule has 0 aromatic carbocycles. The quantitative estimate of drug-likeness (QED) is 0.855. The second-order valence-corrected chi connectivity index (χ2v) is 7.02. The number of hydrogen-bond donors (Lipinski definition) is 1. The fourth-order valence-corrected chi connectivity index (χ4v) is 3.12. The number of thiazole rings is 1. The molecule has 1 atom stereocenters. The van der Waals surface area contributed by atoms with Gasteiger partial charge in [0.15, 0.2) is 0 Å². The number of hydrogen-bond acceptors (Lipinski definition) is 3. The van der Waals surface area contributed by atoms with E-state index in [1.54, 1.807) is 0 Å². The van der Waals surface area contributed by atoms with Gasteiger partial charge in [0.05, 0.1) is 11.7 Å². The molecule has 1 unspecified atom stereocenters. The first kappa shape index (κ1) is 14.7. The molecule has 1 aromatic rings. The summed E-state index contributed by atoms with van der Waals surface area (Å²) in [6.45, 7) is 14.4. The highest BCUT2D eigenvalue weighted by Gasteiger charge is 2.22. The van der Waals surface area contributed by atoms with Gasteiger partial charge in [-0.25, -0.2) is 4.98 Å². The molecule has 0 fully saturated rings. The number of nitrogens with one attached hydrogen (secondary N) is 1. The van der Waals surface area contributed by atoms with E-state index < -0.39 is 0 Å². The van der Waals surface area contributed by atoms with Gasteiger partial charge in [-0.2, -0.15) is 0 Å². The van der Waals surface area contributed by atoms with Crippen molar-refractivity contribution in [3.63, 3.8) is 0 Å². The summed E-state index contributed by atoms with van der Waals surface area (Å²) in [4.78, 5) is 6.16. The minimum Gasteiger partial charge on any atom is -0.308 e. The zero-order chi connectivity index (χ0) is 13.1. The number of aromatic nitrogens is 1. The number of rotatable bonds is 5. The fourth-order valence-electron chi connectivity index (χ4n) is 2.03. The smallest absolute Gasteiger partial charge is 0.110 e. The maximum absolute atomic E-state index is 4.79. The Morgan fingerprint density at radius 2 is 1.94 bits per heavy atom. The average Bonchev–Trinajstić information content (AvgIpc) is 2.57. The van der Waals surface area contributed by atoms with Crippen molar-refractivity contribution in [1.82, 2.24) is 10.3 Å². The average molecular weight is 254 g/mol. The minimum atomic E-state index is 0.332. The summed E-state index contributed by atoms with van der Waals surface area (Å²) in [7, 11) is 0. The molecule has 98 valence electrons. The van der Waals surface area contributed by atoms with Crippen LogP contribution >= 0.6 is 11.3 Å². The van der Waals surface area contributed by atoms with Gasteiger partial charge in [0.25, 0.3) is 0 Å². The van der Waals surface area contributed by atoms with E-state index in [0.29, 0.717) is 11.5 Å². The van der Waals surface area contributed by atoms with Crippen molar-refractivity contribution in [2.45, 2.75) is 60.4 Å². The van der Waals surface area contributed by atoms with Crippen LogP contribution in [-0.4, -0.2) is 11.5 Å². The third-order valence-electron chi connectivity index (χ3n) is 2.81. The topological polar surface area (TPSA) is 24.9 Å². The Labute approximate surface area is 110 Å². The summed E-state index contributed by atoms with van der Waals surface area (Å²) >= 11 is 1.85. The third kappa shape index (κ3) is 4.40. The second kappa shape index (κ2) is 5.96. The van der Waals surface area contributed by atoms with Crippen LogP contribution in [-0.2, 0) is 6.42 Å². The first-order chi connectivity index (χ1) is 7.87. The van der Waals surface area contributed by atoms with Crippen LogP contribution in [0, 0.1) is 12.3 Å². The first-order valence-electron chi connectivity index (χ1n) is 6.57. The van der Waals surface area contributed by atoms with Gasteiger partial charge >= 0.3 is 0 Å². The molecule has 0 radical (unpaired) electrons. The standard InChI is InChI=1S/C14H26N2S/c1-7-11-10(3)17-13(16-11)12(15-8-2)9-14(4,5)6/h12,15H,7-9H2,1-6H3. The van der Waals surface area contributed by atoms with Gasteiger partial charge in [0, 0.05) is 4.88 Å². The van der Waals surface area contributed by atoms with Gasteiger partial charge in [-0.05, 0) is 31.7 Å². The van der Waals surface area contributed by atoms with Crippen LogP contribution in [0.15, 0.2) is 0 Å². The molecule has 0 aliphatic heterocycles. The zero-order valence-electron chi connectivity index (χ0n) is 12.1. The van der Waals surface area contributed by atoms with E-state index in [1.165, 1.54) is 15.6 Å². The lowest BCUT2D eigenvalue weighted by molar-refractivity contribution is 0.313. The molecule has 3 heteroatoms. The van der Waals surface area contributed by atoms with Crippen molar-refractivity contribution >= 4 is 11.3 Å². The van der Waals surface area contributed by atoms with Crippen molar-refractivity contribution in [3.05, 3.63) is 15.6 Å². The molecule has 0 bridgehead atoms. The molecule has 2 nitrogen and oxygen atoms in total. The summed E-state index contributed by atoms with van der Waals surface area (Å²) in [6, 6.07) is 0.406. The van der Waals surface area contributed by atoms with Gasteiger partial charge in [-0.1, -0.05) is 34.6 Å². The Hall–Kier alpha value is -0.410. The van der Waals surface area contributed by atoms with Crippen LogP contribution in [0.2, 0.25) is 0 Å². The highest BCUT2D eigenvalue weighted by molar-refractivity contribution is 7.11. The van der Waals surface area contributed by atoms with Crippen molar-refractivity contribution in [1.29, 1.82) is 0 Å². The van der Waals surface area contributed by atoms with E-state index in [2.05, 4.69) is 46.9 Å². The molecule has 1 N–H and O–H groups in total. The molecule has 1 heterocycles. The van der Waals surface area contributed by atoms with Crippen LogP contribution in [0.1, 0.15) is 62.7 Å². The van der Waals surface area contributed by atoms with Crippen molar-refractivity contribution in [3.8, 4) is 0 Å². The number of nitrogens with zero attached hydrogens (tertiary/aromatic N) is 1.